The van der Waals surface area contributed by atoms with Crippen LogP contribution in [0.4, 0.5) is 0 Å². The first-order chi connectivity index (χ1) is 9.75. The lowest BCUT2D eigenvalue weighted by Gasteiger charge is -2.42. The minimum absolute atomic E-state index is 0.0502. The van der Waals surface area contributed by atoms with Gasteiger partial charge in [0.05, 0.1) is 0 Å². The van der Waals surface area contributed by atoms with Gasteiger partial charge in [0.1, 0.15) is 0 Å². The first kappa shape index (κ1) is 13.9. The standard InChI is InChI=1S/C14H22N4OS/c1-17-7-3-2-4-13(17)11-5-8-18(9-6-11)14(19)12-10-20-16-15-12/h10-11,13H,2-9H2,1H3. The molecule has 6 heteroatoms. The molecule has 0 bridgehead atoms. The van der Waals surface area contributed by atoms with Crippen molar-refractivity contribution in [2.24, 2.45) is 5.92 Å². The van der Waals surface area contributed by atoms with Gasteiger partial charge in [-0.1, -0.05) is 10.9 Å². The van der Waals surface area contributed by atoms with Gasteiger partial charge < -0.3 is 9.80 Å². The highest BCUT2D eigenvalue weighted by atomic mass is 32.1. The zero-order chi connectivity index (χ0) is 13.9. The van der Waals surface area contributed by atoms with E-state index < -0.39 is 0 Å². The van der Waals surface area contributed by atoms with Crippen molar-refractivity contribution < 1.29 is 4.79 Å². The van der Waals surface area contributed by atoms with E-state index in [0.29, 0.717) is 5.69 Å². The number of hydrogen-bond donors (Lipinski definition) is 0. The third-order valence-corrected chi connectivity index (χ3v) is 5.28. The molecule has 3 heterocycles. The van der Waals surface area contributed by atoms with Crippen LogP contribution in [-0.2, 0) is 0 Å². The summed E-state index contributed by atoms with van der Waals surface area (Å²) in [4.78, 5) is 16.7. The summed E-state index contributed by atoms with van der Waals surface area (Å²) in [6.45, 7) is 2.96. The van der Waals surface area contributed by atoms with E-state index in [4.69, 9.17) is 0 Å². The van der Waals surface area contributed by atoms with Crippen LogP contribution in [0.1, 0.15) is 42.6 Å². The van der Waals surface area contributed by atoms with Crippen LogP contribution >= 0.6 is 11.5 Å². The van der Waals surface area contributed by atoms with Gasteiger partial charge in [0.25, 0.3) is 5.91 Å². The summed E-state index contributed by atoms with van der Waals surface area (Å²) in [5, 5.41) is 5.62. The number of aromatic nitrogens is 2. The fourth-order valence-electron chi connectivity index (χ4n) is 3.60. The average molecular weight is 294 g/mol. The first-order valence-electron chi connectivity index (χ1n) is 7.52. The van der Waals surface area contributed by atoms with E-state index in [1.54, 1.807) is 5.38 Å². The number of amides is 1. The van der Waals surface area contributed by atoms with Gasteiger partial charge in [-0.2, -0.15) is 0 Å². The SMILES string of the molecule is CN1CCCCC1C1CCN(C(=O)c2csnn2)CC1. The largest absolute Gasteiger partial charge is 0.337 e. The van der Waals surface area contributed by atoms with Crippen LogP contribution in [-0.4, -0.2) is 58.0 Å². The average Bonchev–Trinajstić information content (AvgIpc) is 3.01. The molecule has 1 aromatic rings. The third kappa shape index (κ3) is 2.86. The monoisotopic (exact) mass is 294 g/mol. The van der Waals surface area contributed by atoms with Crippen LogP contribution in [0.5, 0.6) is 0 Å². The van der Waals surface area contributed by atoms with Crippen molar-refractivity contribution in [2.75, 3.05) is 26.7 Å². The predicted octanol–water partition coefficient (Wildman–Crippen LogP) is 1.87. The molecule has 2 aliphatic rings. The zero-order valence-corrected chi connectivity index (χ0v) is 12.8. The molecule has 1 unspecified atom stereocenters. The number of rotatable bonds is 2. The van der Waals surface area contributed by atoms with Crippen LogP contribution in [0.25, 0.3) is 0 Å². The molecule has 0 spiro atoms. The summed E-state index contributed by atoms with van der Waals surface area (Å²) >= 11 is 1.24. The van der Waals surface area contributed by atoms with Crippen molar-refractivity contribution in [1.29, 1.82) is 0 Å². The van der Waals surface area contributed by atoms with Crippen LogP contribution in [0.15, 0.2) is 5.38 Å². The Morgan fingerprint density at radius 2 is 2.05 bits per heavy atom. The maximum atomic E-state index is 12.2. The number of likely N-dealkylation sites (tertiary alicyclic amines) is 2. The highest BCUT2D eigenvalue weighted by Crippen LogP contribution is 2.29. The van der Waals surface area contributed by atoms with E-state index in [0.717, 1.165) is 37.9 Å². The van der Waals surface area contributed by atoms with E-state index in [1.807, 2.05) is 4.90 Å². The highest BCUT2D eigenvalue weighted by Gasteiger charge is 2.32. The van der Waals surface area contributed by atoms with Crippen molar-refractivity contribution in [3.63, 3.8) is 0 Å². The maximum absolute atomic E-state index is 12.2. The predicted molar refractivity (Wildman–Crippen MR) is 78.8 cm³/mol. The lowest BCUT2D eigenvalue weighted by molar-refractivity contribution is 0.0550. The molecule has 2 fully saturated rings. The zero-order valence-electron chi connectivity index (χ0n) is 12.0. The van der Waals surface area contributed by atoms with Gasteiger partial charge in [-0.05, 0) is 56.7 Å². The molecule has 2 saturated heterocycles. The summed E-state index contributed by atoms with van der Waals surface area (Å²) < 4.78 is 3.77. The fourth-order valence-corrected chi connectivity index (χ4v) is 4.03. The molecule has 2 aliphatic heterocycles. The van der Waals surface area contributed by atoms with E-state index in [2.05, 4.69) is 21.5 Å². The molecule has 0 aromatic carbocycles. The second kappa shape index (κ2) is 6.18. The van der Waals surface area contributed by atoms with Crippen molar-refractivity contribution in [2.45, 2.75) is 38.1 Å². The molecule has 0 N–H and O–H groups in total. The van der Waals surface area contributed by atoms with Gasteiger partial charge in [0, 0.05) is 24.5 Å². The molecule has 20 heavy (non-hydrogen) atoms. The topological polar surface area (TPSA) is 49.3 Å². The molecular weight excluding hydrogens is 272 g/mol. The fraction of sp³-hybridized carbons (Fsp3) is 0.786. The van der Waals surface area contributed by atoms with Gasteiger partial charge in [0.15, 0.2) is 5.69 Å². The van der Waals surface area contributed by atoms with Crippen molar-refractivity contribution in [1.82, 2.24) is 19.4 Å². The van der Waals surface area contributed by atoms with Gasteiger partial charge in [-0.25, -0.2) is 0 Å². The Bertz CT molecular complexity index is 442. The summed E-state index contributed by atoms with van der Waals surface area (Å²) in [6.07, 6.45) is 6.27. The smallest absolute Gasteiger partial charge is 0.275 e. The summed E-state index contributed by atoms with van der Waals surface area (Å²) in [7, 11) is 2.25. The molecule has 0 aliphatic carbocycles. The van der Waals surface area contributed by atoms with Crippen molar-refractivity contribution >= 4 is 17.4 Å². The number of carbonyl (C=O) groups is 1. The Morgan fingerprint density at radius 1 is 1.25 bits per heavy atom. The maximum Gasteiger partial charge on any atom is 0.275 e. The highest BCUT2D eigenvalue weighted by molar-refractivity contribution is 7.03. The molecule has 110 valence electrons. The van der Waals surface area contributed by atoms with E-state index in [1.165, 1.54) is 37.3 Å². The molecule has 0 saturated carbocycles. The van der Waals surface area contributed by atoms with Gasteiger partial charge in [0.2, 0.25) is 0 Å². The van der Waals surface area contributed by atoms with Gasteiger partial charge in [-0.15, -0.1) is 5.10 Å². The van der Waals surface area contributed by atoms with Gasteiger partial charge in [-0.3, -0.25) is 4.79 Å². The van der Waals surface area contributed by atoms with Gasteiger partial charge >= 0.3 is 0 Å². The molecule has 1 atom stereocenters. The second-order valence-electron chi connectivity index (χ2n) is 5.96. The molecule has 0 radical (unpaired) electrons. The van der Waals surface area contributed by atoms with Crippen LogP contribution < -0.4 is 0 Å². The Morgan fingerprint density at radius 3 is 2.70 bits per heavy atom. The molecule has 1 amide bonds. The summed E-state index contributed by atoms with van der Waals surface area (Å²) in [5.41, 5.74) is 0.503. The summed E-state index contributed by atoms with van der Waals surface area (Å²) in [5.74, 6) is 0.798. The first-order valence-corrected chi connectivity index (χ1v) is 8.36. The quantitative estimate of drug-likeness (QED) is 0.835. The van der Waals surface area contributed by atoms with Crippen molar-refractivity contribution in [3.8, 4) is 0 Å². The van der Waals surface area contributed by atoms with E-state index in [-0.39, 0.29) is 5.91 Å². The molecular formula is C14H22N4OS. The number of carbonyl (C=O) groups excluding carboxylic acids is 1. The van der Waals surface area contributed by atoms with Crippen LogP contribution in [0.2, 0.25) is 0 Å². The minimum atomic E-state index is 0.0502. The Labute approximate surface area is 124 Å². The second-order valence-corrected chi connectivity index (χ2v) is 6.57. The van der Waals surface area contributed by atoms with E-state index in [9.17, 15) is 4.79 Å². The minimum Gasteiger partial charge on any atom is -0.337 e. The van der Waals surface area contributed by atoms with E-state index >= 15 is 0 Å². The Balaban J connectivity index is 1.55. The molecule has 5 nitrogen and oxygen atoms in total. The number of hydrogen-bond acceptors (Lipinski definition) is 5. The summed E-state index contributed by atoms with van der Waals surface area (Å²) in [6, 6.07) is 0.724. The lowest BCUT2D eigenvalue weighted by atomic mass is 9.84. The van der Waals surface area contributed by atoms with Crippen LogP contribution in [0.3, 0.4) is 0 Å². The number of piperidine rings is 2. The number of nitrogens with zero attached hydrogens (tertiary/aromatic N) is 4. The Kier molecular flexibility index (Phi) is 4.31. The molecule has 1 aromatic heterocycles. The van der Waals surface area contributed by atoms with Crippen LogP contribution in [0, 0.1) is 5.92 Å². The normalized spacial score (nSPS) is 25.9. The lowest BCUT2D eigenvalue weighted by Crippen LogP contribution is -2.47. The third-order valence-electron chi connectivity index (χ3n) is 4.78. The van der Waals surface area contributed by atoms with Crippen molar-refractivity contribution in [3.05, 3.63) is 11.1 Å². The Hall–Kier alpha value is -1.01. The molecule has 3 rings (SSSR count).